The Labute approximate surface area is 151 Å². The molecule has 26 heavy (non-hydrogen) atoms. The van der Waals surface area contributed by atoms with E-state index in [2.05, 4.69) is 10.3 Å². The Morgan fingerprint density at radius 1 is 1.12 bits per heavy atom. The van der Waals surface area contributed by atoms with Crippen molar-refractivity contribution in [3.8, 4) is 0 Å². The van der Waals surface area contributed by atoms with E-state index in [4.69, 9.17) is 4.74 Å². The second-order valence-electron chi connectivity index (χ2n) is 5.78. The lowest BCUT2D eigenvalue weighted by Crippen LogP contribution is -2.20. The second-order valence-corrected chi connectivity index (χ2v) is 5.78. The molecule has 3 aromatic rings. The van der Waals surface area contributed by atoms with Crippen molar-refractivity contribution in [2.75, 3.05) is 11.9 Å². The van der Waals surface area contributed by atoms with Gasteiger partial charge in [0.2, 0.25) is 0 Å². The minimum atomic E-state index is -0.586. The van der Waals surface area contributed by atoms with E-state index in [0.29, 0.717) is 5.69 Å². The molecule has 0 radical (unpaired) electrons. The number of aromatic nitrogens is 1. The highest BCUT2D eigenvalue weighted by atomic mass is 16.5. The third-order valence-corrected chi connectivity index (χ3v) is 3.71. The maximum absolute atomic E-state index is 11.9. The molecule has 3 rings (SSSR count). The van der Waals surface area contributed by atoms with Gasteiger partial charge in [-0.25, -0.2) is 4.79 Å². The highest BCUT2D eigenvalue weighted by Gasteiger charge is 2.06. The molecule has 0 saturated carbocycles. The molecule has 5 heteroatoms. The monoisotopic (exact) mass is 346 g/mol. The van der Waals surface area contributed by atoms with E-state index in [-0.39, 0.29) is 12.5 Å². The molecule has 0 spiro atoms. The van der Waals surface area contributed by atoms with Crippen LogP contribution < -0.4 is 5.32 Å². The van der Waals surface area contributed by atoms with Crippen LogP contribution in [0.15, 0.2) is 66.9 Å². The smallest absolute Gasteiger partial charge is 0.331 e. The number of ether oxygens (including phenoxy) is 1. The quantitative estimate of drug-likeness (QED) is 0.564. The number of hydrogen-bond acceptors (Lipinski definition) is 4. The Bertz CT molecular complexity index is 974. The van der Waals surface area contributed by atoms with Gasteiger partial charge in [-0.05, 0) is 36.8 Å². The van der Waals surface area contributed by atoms with Gasteiger partial charge in [-0.3, -0.25) is 9.78 Å². The Balaban J connectivity index is 1.56. The number of para-hydroxylation sites is 1. The van der Waals surface area contributed by atoms with Gasteiger partial charge in [-0.2, -0.15) is 0 Å². The van der Waals surface area contributed by atoms with Crippen LogP contribution >= 0.6 is 0 Å². The number of amides is 1. The minimum Gasteiger partial charge on any atom is -0.452 e. The summed E-state index contributed by atoms with van der Waals surface area (Å²) in [6.45, 7) is 1.59. The number of aryl methyl sites for hydroxylation is 1. The predicted molar refractivity (Wildman–Crippen MR) is 102 cm³/mol. The first-order valence-corrected chi connectivity index (χ1v) is 8.17. The number of carbonyl (C=O) groups is 2. The zero-order valence-corrected chi connectivity index (χ0v) is 14.3. The van der Waals surface area contributed by atoms with Gasteiger partial charge in [0.15, 0.2) is 6.61 Å². The zero-order chi connectivity index (χ0) is 18.4. The van der Waals surface area contributed by atoms with Crippen LogP contribution in [0, 0.1) is 6.92 Å². The number of nitrogens with zero attached hydrogens (tertiary/aromatic N) is 1. The van der Waals surface area contributed by atoms with E-state index in [0.717, 1.165) is 22.0 Å². The number of nitrogens with one attached hydrogen (secondary N) is 1. The maximum atomic E-state index is 11.9. The lowest BCUT2D eigenvalue weighted by molar-refractivity contribution is -0.142. The van der Waals surface area contributed by atoms with Gasteiger partial charge in [0.1, 0.15) is 0 Å². The van der Waals surface area contributed by atoms with Gasteiger partial charge < -0.3 is 10.1 Å². The first-order chi connectivity index (χ1) is 12.6. The Morgan fingerprint density at radius 2 is 1.92 bits per heavy atom. The molecular weight excluding hydrogens is 328 g/mol. The molecule has 1 heterocycles. The molecule has 1 aromatic heterocycles. The van der Waals surface area contributed by atoms with E-state index < -0.39 is 5.97 Å². The van der Waals surface area contributed by atoms with Gasteiger partial charge in [0, 0.05) is 28.9 Å². The summed E-state index contributed by atoms with van der Waals surface area (Å²) in [5, 5.41) is 3.67. The van der Waals surface area contributed by atoms with Crippen LogP contribution in [-0.2, 0) is 14.3 Å². The summed E-state index contributed by atoms with van der Waals surface area (Å²) in [5.74, 6) is -0.971. The Hall–Kier alpha value is -3.47. The van der Waals surface area contributed by atoms with Gasteiger partial charge in [-0.1, -0.05) is 36.4 Å². The van der Waals surface area contributed by atoms with Gasteiger partial charge in [-0.15, -0.1) is 0 Å². The molecule has 0 bridgehead atoms. The van der Waals surface area contributed by atoms with Crippen LogP contribution in [0.4, 0.5) is 5.69 Å². The molecule has 0 unspecified atom stereocenters. The van der Waals surface area contributed by atoms with Crippen LogP contribution in [0.25, 0.3) is 17.0 Å². The molecule has 1 N–H and O–H groups in total. The van der Waals surface area contributed by atoms with Crippen LogP contribution in [0.1, 0.15) is 11.1 Å². The molecule has 2 aromatic carbocycles. The molecule has 0 aliphatic carbocycles. The normalized spacial score (nSPS) is 10.8. The SMILES string of the molecule is Cc1cccc(NC(=O)COC(=O)/C=C/c2cccc3cccnc23)c1. The van der Waals surface area contributed by atoms with E-state index in [9.17, 15) is 9.59 Å². The number of benzene rings is 2. The number of pyridine rings is 1. The van der Waals surface area contributed by atoms with Crippen molar-refractivity contribution < 1.29 is 14.3 Å². The molecule has 0 fully saturated rings. The molecule has 0 atom stereocenters. The largest absolute Gasteiger partial charge is 0.452 e. The fraction of sp³-hybridized carbons (Fsp3) is 0.0952. The first kappa shape index (κ1) is 17.4. The van der Waals surface area contributed by atoms with E-state index in [1.54, 1.807) is 18.3 Å². The molecule has 1 amide bonds. The highest BCUT2D eigenvalue weighted by Crippen LogP contribution is 2.17. The average Bonchev–Trinajstić information content (AvgIpc) is 2.64. The minimum absolute atomic E-state index is 0.342. The van der Waals surface area contributed by atoms with E-state index in [1.165, 1.54) is 6.08 Å². The fourth-order valence-electron chi connectivity index (χ4n) is 2.52. The molecule has 130 valence electrons. The molecule has 5 nitrogen and oxygen atoms in total. The first-order valence-electron chi connectivity index (χ1n) is 8.17. The third kappa shape index (κ3) is 4.54. The van der Waals surface area contributed by atoms with Crippen molar-refractivity contribution in [2.24, 2.45) is 0 Å². The summed E-state index contributed by atoms with van der Waals surface area (Å²) in [5.41, 5.74) is 3.32. The lowest BCUT2D eigenvalue weighted by atomic mass is 10.1. The lowest BCUT2D eigenvalue weighted by Gasteiger charge is -2.06. The standard InChI is InChI=1S/C21H18N2O3/c1-15-5-2-9-18(13-15)23-19(24)14-26-20(25)11-10-17-7-3-6-16-8-4-12-22-21(16)17/h2-13H,14H2,1H3,(H,23,24)/b11-10+. The van der Waals surface area contributed by atoms with Crippen molar-refractivity contribution in [2.45, 2.75) is 6.92 Å². The van der Waals surface area contributed by atoms with Crippen LogP contribution in [0.3, 0.4) is 0 Å². The zero-order valence-electron chi connectivity index (χ0n) is 14.3. The maximum Gasteiger partial charge on any atom is 0.331 e. The second kappa shape index (κ2) is 8.07. The molecule has 0 saturated heterocycles. The average molecular weight is 346 g/mol. The van der Waals surface area contributed by atoms with Crippen LogP contribution in [0.5, 0.6) is 0 Å². The van der Waals surface area contributed by atoms with Crippen molar-refractivity contribution in [1.29, 1.82) is 0 Å². The molecular formula is C21H18N2O3. The van der Waals surface area contributed by atoms with Crippen LogP contribution in [-0.4, -0.2) is 23.5 Å². The topological polar surface area (TPSA) is 68.3 Å². The summed E-state index contributed by atoms with van der Waals surface area (Å²) in [6, 6.07) is 16.9. The summed E-state index contributed by atoms with van der Waals surface area (Å²) >= 11 is 0. The number of fused-ring (bicyclic) bond motifs is 1. The number of carbonyl (C=O) groups excluding carboxylic acids is 2. The molecule has 0 aliphatic heterocycles. The van der Waals surface area contributed by atoms with Crippen molar-refractivity contribution in [1.82, 2.24) is 4.98 Å². The molecule has 0 aliphatic rings. The summed E-state index contributed by atoms with van der Waals surface area (Å²) in [6.07, 6.45) is 4.63. The fourth-order valence-corrected chi connectivity index (χ4v) is 2.52. The van der Waals surface area contributed by atoms with Crippen molar-refractivity contribution in [3.05, 3.63) is 78.0 Å². The Morgan fingerprint density at radius 3 is 2.77 bits per heavy atom. The van der Waals surface area contributed by atoms with Crippen LogP contribution in [0.2, 0.25) is 0 Å². The Kier molecular flexibility index (Phi) is 5.39. The number of esters is 1. The number of rotatable bonds is 5. The highest BCUT2D eigenvalue weighted by molar-refractivity contribution is 5.96. The summed E-state index contributed by atoms with van der Waals surface area (Å²) < 4.78 is 4.98. The number of anilines is 1. The third-order valence-electron chi connectivity index (χ3n) is 3.71. The van der Waals surface area contributed by atoms with Gasteiger partial charge >= 0.3 is 5.97 Å². The predicted octanol–water partition coefficient (Wildman–Crippen LogP) is 3.74. The van der Waals surface area contributed by atoms with Crippen molar-refractivity contribution >= 4 is 34.5 Å². The van der Waals surface area contributed by atoms with Gasteiger partial charge in [0.25, 0.3) is 5.91 Å². The van der Waals surface area contributed by atoms with Crippen molar-refractivity contribution in [3.63, 3.8) is 0 Å². The van der Waals surface area contributed by atoms with E-state index >= 15 is 0 Å². The summed E-state index contributed by atoms with van der Waals surface area (Å²) in [7, 11) is 0. The van der Waals surface area contributed by atoms with Gasteiger partial charge in [0.05, 0.1) is 5.52 Å². The van der Waals surface area contributed by atoms with E-state index in [1.807, 2.05) is 55.5 Å². The number of hydrogen-bond donors (Lipinski definition) is 1. The summed E-state index contributed by atoms with van der Waals surface area (Å²) in [4.78, 5) is 28.0.